The molecular formula is C19H23N5O5S. The lowest BCUT2D eigenvalue weighted by Gasteiger charge is -2.32. The van der Waals surface area contributed by atoms with Crippen molar-refractivity contribution < 1.29 is 22.7 Å². The van der Waals surface area contributed by atoms with Gasteiger partial charge in [-0.1, -0.05) is 12.1 Å². The van der Waals surface area contributed by atoms with Crippen LogP contribution in [0.5, 0.6) is 0 Å². The Labute approximate surface area is 174 Å². The predicted octanol–water partition coefficient (Wildman–Crippen LogP) is -0.0628. The Bertz CT molecular complexity index is 1090. The number of benzene rings is 1. The van der Waals surface area contributed by atoms with Gasteiger partial charge in [0.25, 0.3) is 5.91 Å². The zero-order valence-electron chi connectivity index (χ0n) is 16.8. The number of imidazole rings is 1. The number of para-hydroxylation sites is 1. The summed E-state index contributed by atoms with van der Waals surface area (Å²) in [6, 6.07) is 6.47. The fourth-order valence-electron chi connectivity index (χ4n) is 3.69. The SMILES string of the molecule is COC(=O)CN1Cc2c(C(=O)N3CCN(C)CC3)ncn2-c2ccccc2S1(=O)=O. The quantitative estimate of drug-likeness (QED) is 0.625. The number of esters is 1. The average molecular weight is 433 g/mol. The van der Waals surface area contributed by atoms with E-state index in [1.165, 1.54) is 19.5 Å². The Kier molecular flexibility index (Phi) is 5.35. The van der Waals surface area contributed by atoms with Crippen LogP contribution in [0.2, 0.25) is 0 Å². The number of carbonyl (C=O) groups is 2. The van der Waals surface area contributed by atoms with Crippen LogP contribution in [0.3, 0.4) is 0 Å². The second kappa shape index (κ2) is 7.82. The third-order valence-electron chi connectivity index (χ3n) is 5.46. The number of fused-ring (bicyclic) bond motifs is 3. The van der Waals surface area contributed by atoms with E-state index in [4.69, 9.17) is 0 Å². The zero-order chi connectivity index (χ0) is 21.5. The molecule has 3 heterocycles. The standard InChI is InChI=1S/C19H23N5O5S/c1-21-7-9-22(10-8-21)19(26)18-15-11-23(12-17(25)29-2)30(27,28)16-6-4-3-5-14(16)24(15)13-20-18/h3-6,13H,7-12H2,1-2H3. The van der Waals surface area contributed by atoms with Gasteiger partial charge in [-0.15, -0.1) is 0 Å². The highest BCUT2D eigenvalue weighted by Crippen LogP contribution is 2.31. The molecule has 4 rings (SSSR count). The number of methoxy groups -OCH3 is 1. The monoisotopic (exact) mass is 433 g/mol. The fourth-order valence-corrected chi connectivity index (χ4v) is 5.21. The van der Waals surface area contributed by atoms with Gasteiger partial charge < -0.3 is 14.5 Å². The molecule has 1 aromatic heterocycles. The molecule has 0 saturated carbocycles. The first-order valence-corrected chi connectivity index (χ1v) is 11.0. The van der Waals surface area contributed by atoms with Crippen LogP contribution >= 0.6 is 0 Å². The molecule has 30 heavy (non-hydrogen) atoms. The Morgan fingerprint density at radius 2 is 1.83 bits per heavy atom. The van der Waals surface area contributed by atoms with E-state index in [1.807, 2.05) is 7.05 Å². The summed E-state index contributed by atoms with van der Waals surface area (Å²) in [7, 11) is -0.786. The summed E-state index contributed by atoms with van der Waals surface area (Å²) in [6.45, 7) is 2.03. The van der Waals surface area contributed by atoms with E-state index in [-0.39, 0.29) is 23.0 Å². The van der Waals surface area contributed by atoms with E-state index in [0.29, 0.717) is 24.5 Å². The van der Waals surface area contributed by atoms with E-state index in [1.54, 1.807) is 27.7 Å². The van der Waals surface area contributed by atoms with E-state index in [2.05, 4.69) is 14.6 Å². The van der Waals surface area contributed by atoms with Crippen molar-refractivity contribution in [3.63, 3.8) is 0 Å². The van der Waals surface area contributed by atoms with Crippen molar-refractivity contribution >= 4 is 21.9 Å². The number of amides is 1. The number of sulfonamides is 1. The summed E-state index contributed by atoms with van der Waals surface area (Å²) in [4.78, 5) is 33.3. The molecule has 2 aliphatic rings. The van der Waals surface area contributed by atoms with Crippen molar-refractivity contribution in [2.24, 2.45) is 0 Å². The van der Waals surface area contributed by atoms with E-state index in [9.17, 15) is 18.0 Å². The molecule has 1 amide bonds. The lowest BCUT2D eigenvalue weighted by molar-refractivity contribution is -0.140. The molecular weight excluding hydrogens is 410 g/mol. The van der Waals surface area contributed by atoms with Crippen molar-refractivity contribution in [3.05, 3.63) is 42.0 Å². The number of aromatic nitrogens is 2. The normalized spacial score (nSPS) is 18.9. The van der Waals surface area contributed by atoms with Crippen molar-refractivity contribution in [2.75, 3.05) is 46.9 Å². The van der Waals surface area contributed by atoms with Crippen LogP contribution in [0.4, 0.5) is 0 Å². The maximum Gasteiger partial charge on any atom is 0.321 e. The third-order valence-corrected chi connectivity index (χ3v) is 7.30. The van der Waals surface area contributed by atoms with Crippen LogP contribution in [-0.2, 0) is 26.1 Å². The van der Waals surface area contributed by atoms with Gasteiger partial charge in [-0.2, -0.15) is 4.31 Å². The van der Waals surface area contributed by atoms with Crippen molar-refractivity contribution in [1.29, 1.82) is 0 Å². The first-order chi connectivity index (χ1) is 14.3. The number of ether oxygens (including phenoxy) is 1. The van der Waals surface area contributed by atoms with E-state index in [0.717, 1.165) is 17.4 Å². The maximum absolute atomic E-state index is 13.2. The van der Waals surface area contributed by atoms with E-state index >= 15 is 0 Å². The summed E-state index contributed by atoms with van der Waals surface area (Å²) in [5.41, 5.74) is 1.02. The first kappa shape index (κ1) is 20.5. The number of rotatable bonds is 3. The van der Waals surface area contributed by atoms with Gasteiger partial charge in [0.2, 0.25) is 10.0 Å². The molecule has 1 aromatic carbocycles. The zero-order valence-corrected chi connectivity index (χ0v) is 17.6. The van der Waals surface area contributed by atoms with Gasteiger partial charge in [-0.05, 0) is 19.2 Å². The molecule has 0 unspecified atom stereocenters. The van der Waals surface area contributed by atoms with Crippen LogP contribution in [0.1, 0.15) is 16.2 Å². The minimum absolute atomic E-state index is 0.0450. The topological polar surface area (TPSA) is 105 Å². The molecule has 160 valence electrons. The molecule has 0 bridgehead atoms. The van der Waals surface area contributed by atoms with Crippen molar-refractivity contribution in [1.82, 2.24) is 23.7 Å². The minimum atomic E-state index is -3.98. The first-order valence-electron chi connectivity index (χ1n) is 9.53. The fraction of sp³-hybridized carbons (Fsp3) is 0.421. The van der Waals surface area contributed by atoms with Gasteiger partial charge in [0.1, 0.15) is 17.8 Å². The summed E-state index contributed by atoms with van der Waals surface area (Å²) in [5, 5.41) is 0. The molecule has 10 nitrogen and oxygen atoms in total. The second-order valence-electron chi connectivity index (χ2n) is 7.32. The molecule has 0 spiro atoms. The Hall–Kier alpha value is -2.76. The highest BCUT2D eigenvalue weighted by atomic mass is 32.2. The number of hydrogen-bond donors (Lipinski definition) is 0. The van der Waals surface area contributed by atoms with Gasteiger partial charge in [0.15, 0.2) is 5.69 Å². The number of piperazine rings is 1. The summed E-state index contributed by atoms with van der Waals surface area (Å²) in [6.07, 6.45) is 1.47. The summed E-state index contributed by atoms with van der Waals surface area (Å²) >= 11 is 0. The molecule has 0 radical (unpaired) electrons. The molecule has 1 saturated heterocycles. The molecule has 0 N–H and O–H groups in total. The van der Waals surface area contributed by atoms with Crippen LogP contribution in [0.25, 0.3) is 5.69 Å². The van der Waals surface area contributed by atoms with Gasteiger partial charge in [-0.3, -0.25) is 14.2 Å². The van der Waals surface area contributed by atoms with Crippen LogP contribution in [0, 0.1) is 0 Å². The Balaban J connectivity index is 1.80. The number of carbonyl (C=O) groups excluding carboxylic acids is 2. The van der Waals surface area contributed by atoms with Gasteiger partial charge in [0.05, 0.1) is 25.0 Å². The van der Waals surface area contributed by atoms with Gasteiger partial charge >= 0.3 is 5.97 Å². The lowest BCUT2D eigenvalue weighted by atomic mass is 10.2. The van der Waals surface area contributed by atoms with E-state index < -0.39 is 22.5 Å². The van der Waals surface area contributed by atoms with Gasteiger partial charge in [-0.25, -0.2) is 13.4 Å². The number of likely N-dealkylation sites (N-methyl/N-ethyl adjacent to an activating group) is 1. The molecule has 1 fully saturated rings. The molecule has 0 aliphatic carbocycles. The lowest BCUT2D eigenvalue weighted by Crippen LogP contribution is -2.47. The highest BCUT2D eigenvalue weighted by molar-refractivity contribution is 7.89. The van der Waals surface area contributed by atoms with Crippen LogP contribution in [0.15, 0.2) is 35.5 Å². The van der Waals surface area contributed by atoms with Crippen molar-refractivity contribution in [2.45, 2.75) is 11.4 Å². The largest absolute Gasteiger partial charge is 0.468 e. The predicted molar refractivity (Wildman–Crippen MR) is 107 cm³/mol. The molecule has 11 heteroatoms. The number of nitrogens with zero attached hydrogens (tertiary/aromatic N) is 5. The Morgan fingerprint density at radius 1 is 1.13 bits per heavy atom. The Morgan fingerprint density at radius 3 is 2.53 bits per heavy atom. The third kappa shape index (κ3) is 3.48. The molecule has 2 aromatic rings. The van der Waals surface area contributed by atoms with Gasteiger partial charge in [0, 0.05) is 26.2 Å². The minimum Gasteiger partial charge on any atom is -0.468 e. The highest BCUT2D eigenvalue weighted by Gasteiger charge is 2.37. The molecule has 2 aliphatic heterocycles. The second-order valence-corrected chi connectivity index (χ2v) is 9.23. The summed E-state index contributed by atoms with van der Waals surface area (Å²) in [5.74, 6) is -0.928. The summed E-state index contributed by atoms with van der Waals surface area (Å²) < 4.78 is 33.8. The number of hydrogen-bond acceptors (Lipinski definition) is 7. The average Bonchev–Trinajstić information content (AvgIpc) is 3.13. The van der Waals surface area contributed by atoms with Crippen LogP contribution in [-0.4, -0.2) is 90.8 Å². The molecule has 0 atom stereocenters. The smallest absolute Gasteiger partial charge is 0.321 e. The van der Waals surface area contributed by atoms with Crippen molar-refractivity contribution in [3.8, 4) is 5.69 Å². The maximum atomic E-state index is 13.2. The van der Waals surface area contributed by atoms with Crippen LogP contribution < -0.4 is 0 Å².